The molecule has 0 heterocycles. The number of nitrogens with zero attached hydrogens (tertiary/aromatic N) is 1. The van der Waals surface area contributed by atoms with Crippen LogP contribution in [0, 0.1) is 0 Å². The van der Waals surface area contributed by atoms with Gasteiger partial charge in [0.1, 0.15) is 6.61 Å². The summed E-state index contributed by atoms with van der Waals surface area (Å²) in [7, 11) is 1.53. The zero-order valence-electron chi connectivity index (χ0n) is 11.4. The van der Waals surface area contributed by atoms with Gasteiger partial charge in [-0.15, -0.1) is 0 Å². The molecule has 0 fully saturated rings. The molecule has 6 heteroatoms. The first-order valence-electron chi connectivity index (χ1n) is 6.17. The standard InChI is InChI=1S/C15H15ClN2O3/c1-20-14-8-11(15(17)18-19)5-6-13(14)21-9-10-3-2-4-12(16)7-10/h2-8,19H,9H2,1H3,(H2,17,18). The van der Waals surface area contributed by atoms with Gasteiger partial charge in [0.2, 0.25) is 0 Å². The van der Waals surface area contributed by atoms with Gasteiger partial charge in [-0.05, 0) is 35.9 Å². The van der Waals surface area contributed by atoms with Crippen LogP contribution in [-0.4, -0.2) is 18.2 Å². The second-order valence-corrected chi connectivity index (χ2v) is 4.71. The summed E-state index contributed by atoms with van der Waals surface area (Å²) in [6.45, 7) is 0.361. The van der Waals surface area contributed by atoms with Crippen molar-refractivity contribution in [1.82, 2.24) is 0 Å². The molecule has 0 amide bonds. The topological polar surface area (TPSA) is 77.1 Å². The van der Waals surface area contributed by atoms with Crippen LogP contribution in [0.15, 0.2) is 47.6 Å². The van der Waals surface area contributed by atoms with Crippen molar-refractivity contribution in [3.63, 3.8) is 0 Å². The molecule has 0 saturated carbocycles. The van der Waals surface area contributed by atoms with Crippen LogP contribution in [0.25, 0.3) is 0 Å². The first-order chi connectivity index (χ1) is 10.1. The lowest BCUT2D eigenvalue weighted by Crippen LogP contribution is -2.13. The number of oxime groups is 1. The molecule has 5 nitrogen and oxygen atoms in total. The summed E-state index contributed by atoms with van der Waals surface area (Å²) < 4.78 is 11.0. The molecule has 110 valence electrons. The summed E-state index contributed by atoms with van der Waals surface area (Å²) in [5.41, 5.74) is 7.03. The summed E-state index contributed by atoms with van der Waals surface area (Å²) in [5, 5.41) is 12.3. The van der Waals surface area contributed by atoms with Gasteiger partial charge in [0.05, 0.1) is 7.11 Å². The Morgan fingerprint density at radius 2 is 2.05 bits per heavy atom. The van der Waals surface area contributed by atoms with Crippen molar-refractivity contribution < 1.29 is 14.7 Å². The maximum absolute atomic E-state index is 8.68. The molecule has 3 N–H and O–H groups in total. The molecular formula is C15H15ClN2O3. The first kappa shape index (κ1) is 15.0. The third kappa shape index (κ3) is 3.79. The lowest BCUT2D eigenvalue weighted by Gasteiger charge is -2.12. The number of ether oxygens (including phenoxy) is 2. The number of methoxy groups -OCH3 is 1. The normalized spacial score (nSPS) is 11.2. The van der Waals surface area contributed by atoms with Crippen LogP contribution >= 0.6 is 11.6 Å². The van der Waals surface area contributed by atoms with E-state index < -0.39 is 0 Å². The van der Waals surface area contributed by atoms with E-state index in [9.17, 15) is 0 Å². The maximum atomic E-state index is 8.68. The van der Waals surface area contributed by atoms with Gasteiger partial charge in [0, 0.05) is 10.6 Å². The Morgan fingerprint density at radius 1 is 1.24 bits per heavy atom. The molecule has 0 aliphatic carbocycles. The fraction of sp³-hybridized carbons (Fsp3) is 0.133. The Kier molecular flexibility index (Phi) is 4.90. The number of hydrogen-bond acceptors (Lipinski definition) is 4. The van der Waals surface area contributed by atoms with E-state index in [4.69, 9.17) is 32.0 Å². The van der Waals surface area contributed by atoms with E-state index in [1.165, 1.54) is 7.11 Å². The number of nitrogens with two attached hydrogens (primary N) is 1. The van der Waals surface area contributed by atoms with Gasteiger partial charge in [0.25, 0.3) is 0 Å². The highest BCUT2D eigenvalue weighted by Gasteiger charge is 2.08. The average Bonchev–Trinajstić information content (AvgIpc) is 2.52. The predicted octanol–water partition coefficient (Wildman–Crippen LogP) is 3.02. The molecule has 0 saturated heterocycles. The molecule has 0 unspecified atom stereocenters. The Labute approximate surface area is 127 Å². The van der Waals surface area contributed by atoms with Crippen molar-refractivity contribution in [2.75, 3.05) is 7.11 Å². The van der Waals surface area contributed by atoms with Gasteiger partial charge in [-0.2, -0.15) is 0 Å². The lowest BCUT2D eigenvalue weighted by molar-refractivity contribution is 0.284. The minimum absolute atomic E-state index is 0.00897. The molecule has 21 heavy (non-hydrogen) atoms. The monoisotopic (exact) mass is 306 g/mol. The molecule has 0 bridgehead atoms. The van der Waals surface area contributed by atoms with Gasteiger partial charge in [-0.25, -0.2) is 0 Å². The van der Waals surface area contributed by atoms with Crippen molar-refractivity contribution in [3.8, 4) is 11.5 Å². The summed E-state index contributed by atoms with van der Waals surface area (Å²) in [6.07, 6.45) is 0. The Bertz CT molecular complexity index is 659. The summed E-state index contributed by atoms with van der Waals surface area (Å²) in [6, 6.07) is 12.4. The highest BCUT2D eigenvalue weighted by molar-refractivity contribution is 6.30. The van der Waals surface area contributed by atoms with Crippen molar-refractivity contribution in [3.05, 3.63) is 58.6 Å². The van der Waals surface area contributed by atoms with Crippen LogP contribution in [0.4, 0.5) is 0 Å². The van der Waals surface area contributed by atoms with Gasteiger partial charge in [-0.1, -0.05) is 28.9 Å². The van der Waals surface area contributed by atoms with Crippen LogP contribution in [0.1, 0.15) is 11.1 Å². The minimum Gasteiger partial charge on any atom is -0.493 e. The minimum atomic E-state index is 0.00897. The molecule has 0 radical (unpaired) electrons. The Balaban J connectivity index is 2.16. The van der Waals surface area contributed by atoms with Crippen LogP contribution < -0.4 is 15.2 Å². The highest BCUT2D eigenvalue weighted by atomic mass is 35.5. The summed E-state index contributed by atoms with van der Waals surface area (Å²) in [4.78, 5) is 0. The van der Waals surface area contributed by atoms with Crippen LogP contribution in [0.2, 0.25) is 5.02 Å². The lowest BCUT2D eigenvalue weighted by atomic mass is 10.2. The highest BCUT2D eigenvalue weighted by Crippen LogP contribution is 2.29. The number of amidine groups is 1. The van der Waals surface area contributed by atoms with E-state index in [0.29, 0.717) is 28.7 Å². The van der Waals surface area contributed by atoms with Crippen molar-refractivity contribution in [1.29, 1.82) is 0 Å². The third-order valence-electron chi connectivity index (χ3n) is 2.85. The van der Waals surface area contributed by atoms with E-state index >= 15 is 0 Å². The molecule has 0 atom stereocenters. The van der Waals surface area contributed by atoms with Crippen molar-refractivity contribution in [2.24, 2.45) is 10.9 Å². The molecular weight excluding hydrogens is 292 g/mol. The SMILES string of the molecule is COc1cc(/C(N)=N/O)ccc1OCc1cccc(Cl)c1. The van der Waals surface area contributed by atoms with Gasteiger partial charge >= 0.3 is 0 Å². The second-order valence-electron chi connectivity index (χ2n) is 4.27. The van der Waals surface area contributed by atoms with Crippen LogP contribution in [0.3, 0.4) is 0 Å². The fourth-order valence-electron chi connectivity index (χ4n) is 1.79. The summed E-state index contributed by atoms with van der Waals surface area (Å²) in [5.74, 6) is 1.07. The maximum Gasteiger partial charge on any atom is 0.170 e. The second kappa shape index (κ2) is 6.85. The molecule has 2 aromatic carbocycles. The first-order valence-corrected chi connectivity index (χ1v) is 6.55. The van der Waals surface area contributed by atoms with E-state index in [1.807, 2.05) is 18.2 Å². The molecule has 2 aromatic rings. The number of benzene rings is 2. The third-order valence-corrected chi connectivity index (χ3v) is 3.09. The quantitative estimate of drug-likeness (QED) is 0.385. The fourth-order valence-corrected chi connectivity index (χ4v) is 2.00. The zero-order chi connectivity index (χ0) is 15.2. The van der Waals surface area contributed by atoms with E-state index in [2.05, 4.69) is 5.16 Å². The zero-order valence-corrected chi connectivity index (χ0v) is 12.2. The Hall–Kier alpha value is -2.40. The Morgan fingerprint density at radius 3 is 2.71 bits per heavy atom. The van der Waals surface area contributed by atoms with Gasteiger partial charge in [0.15, 0.2) is 17.3 Å². The molecule has 0 aliphatic rings. The molecule has 0 aliphatic heterocycles. The van der Waals surface area contributed by atoms with Gasteiger partial charge in [-0.3, -0.25) is 0 Å². The predicted molar refractivity (Wildman–Crippen MR) is 81.3 cm³/mol. The molecule has 0 aromatic heterocycles. The molecule has 2 rings (SSSR count). The van der Waals surface area contributed by atoms with E-state index in [1.54, 1.807) is 24.3 Å². The summed E-state index contributed by atoms with van der Waals surface area (Å²) >= 11 is 5.93. The smallest absolute Gasteiger partial charge is 0.170 e. The number of rotatable bonds is 5. The largest absolute Gasteiger partial charge is 0.493 e. The van der Waals surface area contributed by atoms with Crippen molar-refractivity contribution >= 4 is 17.4 Å². The number of halogens is 1. The van der Waals surface area contributed by atoms with E-state index in [-0.39, 0.29) is 5.84 Å². The van der Waals surface area contributed by atoms with Crippen molar-refractivity contribution in [2.45, 2.75) is 6.61 Å². The van der Waals surface area contributed by atoms with Crippen LogP contribution in [-0.2, 0) is 6.61 Å². The average molecular weight is 307 g/mol. The van der Waals surface area contributed by atoms with Crippen LogP contribution in [0.5, 0.6) is 11.5 Å². The molecule has 0 spiro atoms. The van der Waals surface area contributed by atoms with Gasteiger partial charge < -0.3 is 20.4 Å². The van der Waals surface area contributed by atoms with E-state index in [0.717, 1.165) is 5.56 Å². The number of hydrogen-bond donors (Lipinski definition) is 2.